The molecule has 1 unspecified atom stereocenters. The van der Waals surface area contributed by atoms with Crippen molar-refractivity contribution >= 4 is 23.3 Å². The molecule has 0 aliphatic rings. The fourth-order valence-electron chi connectivity index (χ4n) is 2.69. The van der Waals surface area contributed by atoms with Crippen LogP contribution in [-0.2, 0) is 0 Å². The maximum atomic E-state index is 12.7. The molecule has 0 spiro atoms. The summed E-state index contributed by atoms with van der Waals surface area (Å²) in [5.41, 5.74) is 7.73. The molecule has 0 fully saturated rings. The highest BCUT2D eigenvalue weighted by Crippen LogP contribution is 2.20. The number of halogens is 1. The highest BCUT2D eigenvalue weighted by atomic mass is 35.5. The van der Waals surface area contributed by atoms with E-state index in [0.717, 1.165) is 5.56 Å². The number of rotatable bonds is 7. The Hall–Kier alpha value is -2.95. The summed E-state index contributed by atoms with van der Waals surface area (Å²) in [6.07, 6.45) is 0.195. The predicted octanol–water partition coefficient (Wildman–Crippen LogP) is 4.59. The minimum atomic E-state index is -0.359. The number of carbonyl (C=O) groups is 2. The molecule has 5 heteroatoms. The molecule has 1 atom stereocenters. The maximum Gasteiger partial charge on any atom is 0.265 e. The molecule has 3 aromatic carbocycles. The molecule has 3 rings (SSSR count). The third-order valence-electron chi connectivity index (χ3n) is 4.15. The van der Waals surface area contributed by atoms with Crippen LogP contribution < -0.4 is 10.9 Å². The third kappa shape index (κ3) is 5.26. The quantitative estimate of drug-likeness (QED) is 0.467. The van der Waals surface area contributed by atoms with Gasteiger partial charge in [0.25, 0.3) is 5.91 Å². The van der Waals surface area contributed by atoms with Crippen molar-refractivity contribution in [3.05, 3.63) is 107 Å². The Morgan fingerprint density at radius 3 is 2.00 bits per heavy atom. The molecule has 136 valence electrons. The van der Waals surface area contributed by atoms with Crippen LogP contribution in [0.2, 0.25) is 5.02 Å². The third-order valence-corrected chi connectivity index (χ3v) is 4.41. The lowest BCUT2D eigenvalue weighted by Gasteiger charge is -2.19. The van der Waals surface area contributed by atoms with Crippen LogP contribution in [0.4, 0.5) is 0 Å². The van der Waals surface area contributed by atoms with Crippen LogP contribution in [-0.4, -0.2) is 11.7 Å². The van der Waals surface area contributed by atoms with E-state index in [2.05, 4.69) is 10.9 Å². The summed E-state index contributed by atoms with van der Waals surface area (Å²) in [5, 5.41) is 0.583. The highest BCUT2D eigenvalue weighted by molar-refractivity contribution is 6.30. The van der Waals surface area contributed by atoms with Crippen molar-refractivity contribution in [1.29, 1.82) is 0 Å². The van der Waals surface area contributed by atoms with Gasteiger partial charge in [0.15, 0.2) is 5.78 Å². The SMILES string of the molecule is O=C(CC(NNC(=O)c1ccccc1)c1ccccc1)c1ccc(Cl)cc1. The zero-order valence-corrected chi connectivity index (χ0v) is 15.3. The van der Waals surface area contributed by atoms with E-state index in [9.17, 15) is 9.59 Å². The summed E-state index contributed by atoms with van der Waals surface area (Å²) in [6, 6.07) is 24.9. The first-order valence-electron chi connectivity index (χ1n) is 8.58. The van der Waals surface area contributed by atoms with Gasteiger partial charge in [0.1, 0.15) is 0 Å². The van der Waals surface area contributed by atoms with Crippen molar-refractivity contribution in [3.63, 3.8) is 0 Å². The standard InChI is InChI=1S/C22H19ClN2O2/c23-19-13-11-17(12-14-19)21(26)15-20(16-7-3-1-4-8-16)24-25-22(27)18-9-5-2-6-10-18/h1-14,20,24H,15H2,(H,25,27). The second-order valence-corrected chi connectivity index (χ2v) is 6.50. The molecule has 0 saturated carbocycles. The van der Waals surface area contributed by atoms with Gasteiger partial charge in [0.05, 0.1) is 6.04 Å². The predicted molar refractivity (Wildman–Crippen MR) is 107 cm³/mol. The number of nitrogens with one attached hydrogen (secondary N) is 2. The normalized spacial score (nSPS) is 11.6. The summed E-state index contributed by atoms with van der Waals surface area (Å²) in [7, 11) is 0. The summed E-state index contributed by atoms with van der Waals surface area (Å²) in [5.74, 6) is -0.294. The molecule has 27 heavy (non-hydrogen) atoms. The van der Waals surface area contributed by atoms with Gasteiger partial charge in [-0.05, 0) is 42.0 Å². The average Bonchev–Trinajstić information content (AvgIpc) is 2.72. The largest absolute Gasteiger partial charge is 0.294 e. The Balaban J connectivity index is 1.72. The van der Waals surface area contributed by atoms with Crippen molar-refractivity contribution in [2.75, 3.05) is 0 Å². The molecule has 4 nitrogen and oxygen atoms in total. The van der Waals surface area contributed by atoms with Gasteiger partial charge in [0.2, 0.25) is 0 Å². The van der Waals surface area contributed by atoms with Gasteiger partial charge >= 0.3 is 0 Å². The van der Waals surface area contributed by atoms with Crippen molar-refractivity contribution in [3.8, 4) is 0 Å². The van der Waals surface area contributed by atoms with Gasteiger partial charge in [0, 0.05) is 22.6 Å². The molecule has 1 amide bonds. The number of hydrogen-bond donors (Lipinski definition) is 2. The smallest absolute Gasteiger partial charge is 0.265 e. The zero-order valence-electron chi connectivity index (χ0n) is 14.6. The van der Waals surface area contributed by atoms with Gasteiger partial charge in [-0.2, -0.15) is 0 Å². The molecule has 0 aliphatic heterocycles. The number of ketones is 1. The Labute approximate surface area is 163 Å². The number of benzene rings is 3. The lowest BCUT2D eigenvalue weighted by Crippen LogP contribution is -2.40. The molecule has 0 aromatic heterocycles. The van der Waals surface area contributed by atoms with Crippen LogP contribution in [0.5, 0.6) is 0 Å². The van der Waals surface area contributed by atoms with Crippen LogP contribution in [0.3, 0.4) is 0 Å². The van der Waals surface area contributed by atoms with E-state index in [1.54, 1.807) is 48.5 Å². The first kappa shape index (κ1) is 18.8. The Morgan fingerprint density at radius 2 is 1.37 bits per heavy atom. The van der Waals surface area contributed by atoms with E-state index >= 15 is 0 Å². The fraction of sp³-hybridized carbons (Fsp3) is 0.0909. The number of carbonyl (C=O) groups excluding carboxylic acids is 2. The molecule has 0 heterocycles. The van der Waals surface area contributed by atoms with E-state index in [1.165, 1.54) is 0 Å². The number of hydrazine groups is 1. The van der Waals surface area contributed by atoms with Crippen LogP contribution in [0, 0.1) is 0 Å². The van der Waals surface area contributed by atoms with Crippen LogP contribution in [0.1, 0.15) is 38.7 Å². The molecule has 2 N–H and O–H groups in total. The average molecular weight is 379 g/mol. The number of hydrogen-bond acceptors (Lipinski definition) is 3. The Kier molecular flexibility index (Phi) is 6.36. The molecule has 0 bridgehead atoms. The zero-order chi connectivity index (χ0) is 19.1. The van der Waals surface area contributed by atoms with Crippen molar-refractivity contribution < 1.29 is 9.59 Å². The monoisotopic (exact) mass is 378 g/mol. The first-order chi connectivity index (χ1) is 13.1. The lowest BCUT2D eigenvalue weighted by atomic mass is 9.98. The maximum absolute atomic E-state index is 12.7. The van der Waals surface area contributed by atoms with E-state index in [1.807, 2.05) is 36.4 Å². The van der Waals surface area contributed by atoms with E-state index in [0.29, 0.717) is 16.1 Å². The van der Waals surface area contributed by atoms with Crippen molar-refractivity contribution in [2.45, 2.75) is 12.5 Å². The molecule has 0 saturated heterocycles. The lowest BCUT2D eigenvalue weighted by molar-refractivity contribution is 0.0900. The van der Waals surface area contributed by atoms with Crippen molar-refractivity contribution in [2.24, 2.45) is 0 Å². The van der Waals surface area contributed by atoms with Crippen LogP contribution in [0.25, 0.3) is 0 Å². The van der Waals surface area contributed by atoms with E-state index in [-0.39, 0.29) is 24.2 Å². The fourth-order valence-corrected chi connectivity index (χ4v) is 2.82. The second kappa shape index (κ2) is 9.12. The van der Waals surface area contributed by atoms with E-state index < -0.39 is 0 Å². The Morgan fingerprint density at radius 1 is 0.778 bits per heavy atom. The van der Waals surface area contributed by atoms with Gasteiger partial charge in [-0.15, -0.1) is 0 Å². The molecule has 0 aliphatic carbocycles. The van der Waals surface area contributed by atoms with Gasteiger partial charge < -0.3 is 0 Å². The topological polar surface area (TPSA) is 58.2 Å². The summed E-state index contributed by atoms with van der Waals surface area (Å²) >= 11 is 5.89. The van der Waals surface area contributed by atoms with Gasteiger partial charge in [-0.25, -0.2) is 5.43 Å². The minimum absolute atomic E-state index is 0.0398. The highest BCUT2D eigenvalue weighted by Gasteiger charge is 2.18. The Bertz CT molecular complexity index is 897. The number of Topliss-reactive ketones (excluding diaryl/α,β-unsaturated/α-hetero) is 1. The van der Waals surface area contributed by atoms with Gasteiger partial charge in [-0.1, -0.05) is 60.1 Å². The summed E-state index contributed by atoms with van der Waals surface area (Å²) in [6.45, 7) is 0. The van der Waals surface area contributed by atoms with Gasteiger partial charge in [-0.3, -0.25) is 15.0 Å². The second-order valence-electron chi connectivity index (χ2n) is 6.06. The first-order valence-corrected chi connectivity index (χ1v) is 8.96. The van der Waals surface area contributed by atoms with Crippen LogP contribution in [0.15, 0.2) is 84.9 Å². The van der Waals surface area contributed by atoms with Crippen LogP contribution >= 0.6 is 11.6 Å². The van der Waals surface area contributed by atoms with E-state index in [4.69, 9.17) is 11.6 Å². The number of amides is 1. The summed E-state index contributed by atoms with van der Waals surface area (Å²) < 4.78 is 0. The van der Waals surface area contributed by atoms with Crippen molar-refractivity contribution in [1.82, 2.24) is 10.9 Å². The molecule has 0 radical (unpaired) electrons. The molecular weight excluding hydrogens is 360 g/mol. The molecular formula is C22H19ClN2O2. The minimum Gasteiger partial charge on any atom is -0.294 e. The summed E-state index contributed by atoms with van der Waals surface area (Å²) in [4.78, 5) is 25.0. The molecule has 3 aromatic rings.